The van der Waals surface area contributed by atoms with Crippen molar-refractivity contribution in [2.75, 3.05) is 6.54 Å². The number of nitrogens with one attached hydrogen (secondary N) is 1. The Hall–Kier alpha value is -2.17. The van der Waals surface area contributed by atoms with Crippen LogP contribution >= 0.6 is 0 Å². The molecule has 1 atom stereocenters. The van der Waals surface area contributed by atoms with Crippen molar-refractivity contribution in [1.82, 2.24) is 15.1 Å². The zero-order valence-corrected chi connectivity index (χ0v) is 14.7. The third kappa shape index (κ3) is 4.22. The van der Waals surface area contributed by atoms with Crippen LogP contribution in [0.15, 0.2) is 30.5 Å². The van der Waals surface area contributed by atoms with Crippen LogP contribution in [-0.2, 0) is 0 Å². The molecule has 4 nitrogen and oxygen atoms in total. The molecule has 1 N–H and O–H groups in total. The van der Waals surface area contributed by atoms with Crippen molar-refractivity contribution in [3.05, 3.63) is 47.5 Å². The van der Waals surface area contributed by atoms with Crippen molar-refractivity contribution >= 4 is 5.91 Å². The lowest BCUT2D eigenvalue weighted by atomic mass is 9.99. The third-order valence-electron chi connectivity index (χ3n) is 4.43. The number of para-hydroxylation sites is 1. The summed E-state index contributed by atoms with van der Waals surface area (Å²) in [4.78, 5) is 12.4. The standard InChI is InChI=1S/C19H26FN3O/c1-4-6-9-15(5-2)12-21-19(24)16-13-22-23(14(16)3)18-11-8-7-10-17(18)20/h7-8,10-11,13,15H,4-6,9,12H2,1-3H3,(H,21,24). The van der Waals surface area contributed by atoms with Crippen LogP contribution in [-0.4, -0.2) is 22.2 Å². The molecule has 2 rings (SSSR count). The Morgan fingerprint density at radius 3 is 2.75 bits per heavy atom. The van der Waals surface area contributed by atoms with Gasteiger partial charge >= 0.3 is 0 Å². The highest BCUT2D eigenvalue weighted by atomic mass is 19.1. The molecule has 0 aliphatic carbocycles. The summed E-state index contributed by atoms with van der Waals surface area (Å²) in [5.74, 6) is -0.0119. The number of unbranched alkanes of at least 4 members (excludes halogenated alkanes) is 1. The molecular formula is C19H26FN3O. The molecule has 24 heavy (non-hydrogen) atoms. The van der Waals surface area contributed by atoms with E-state index >= 15 is 0 Å². The lowest BCUT2D eigenvalue weighted by Gasteiger charge is -2.15. The Labute approximate surface area is 143 Å². The number of benzene rings is 1. The predicted molar refractivity (Wildman–Crippen MR) is 93.9 cm³/mol. The van der Waals surface area contributed by atoms with E-state index in [1.165, 1.54) is 29.8 Å². The topological polar surface area (TPSA) is 46.9 Å². The number of rotatable bonds is 8. The lowest BCUT2D eigenvalue weighted by molar-refractivity contribution is 0.0945. The van der Waals surface area contributed by atoms with E-state index in [0.717, 1.165) is 12.8 Å². The summed E-state index contributed by atoms with van der Waals surface area (Å²) in [6.45, 7) is 6.77. The molecule has 0 radical (unpaired) electrons. The van der Waals surface area contributed by atoms with E-state index in [2.05, 4.69) is 24.3 Å². The van der Waals surface area contributed by atoms with E-state index in [4.69, 9.17) is 0 Å². The van der Waals surface area contributed by atoms with E-state index in [1.807, 2.05) is 0 Å². The molecule has 0 saturated heterocycles. The number of halogens is 1. The summed E-state index contributed by atoms with van der Waals surface area (Å²) in [6, 6.07) is 6.41. The van der Waals surface area contributed by atoms with Crippen LogP contribution in [0.25, 0.3) is 5.69 Å². The van der Waals surface area contributed by atoms with Crippen molar-refractivity contribution in [2.45, 2.75) is 46.5 Å². The fraction of sp³-hybridized carbons (Fsp3) is 0.474. The first-order chi connectivity index (χ1) is 11.6. The predicted octanol–water partition coefficient (Wildman–Crippen LogP) is 4.27. The van der Waals surface area contributed by atoms with Gasteiger partial charge in [0.2, 0.25) is 0 Å². The zero-order chi connectivity index (χ0) is 17.5. The Morgan fingerprint density at radius 1 is 1.33 bits per heavy atom. The van der Waals surface area contributed by atoms with Gasteiger partial charge in [-0.15, -0.1) is 0 Å². The minimum Gasteiger partial charge on any atom is -0.352 e. The van der Waals surface area contributed by atoms with E-state index in [-0.39, 0.29) is 11.7 Å². The van der Waals surface area contributed by atoms with Crippen molar-refractivity contribution in [3.63, 3.8) is 0 Å². The first kappa shape index (κ1) is 18.2. The summed E-state index contributed by atoms with van der Waals surface area (Å²) in [5, 5.41) is 7.17. The second-order valence-electron chi connectivity index (χ2n) is 6.13. The molecule has 130 valence electrons. The SMILES string of the molecule is CCCCC(CC)CNC(=O)c1cnn(-c2ccccc2F)c1C. The van der Waals surface area contributed by atoms with Gasteiger partial charge in [-0.25, -0.2) is 9.07 Å². The van der Waals surface area contributed by atoms with Gasteiger partial charge in [0, 0.05) is 6.54 Å². The van der Waals surface area contributed by atoms with Crippen LogP contribution in [0.1, 0.15) is 55.6 Å². The number of hydrogen-bond acceptors (Lipinski definition) is 2. The maximum Gasteiger partial charge on any atom is 0.254 e. The molecule has 1 heterocycles. The molecule has 0 aliphatic rings. The van der Waals surface area contributed by atoms with Crippen LogP contribution in [0.5, 0.6) is 0 Å². The van der Waals surface area contributed by atoms with Crippen LogP contribution < -0.4 is 5.32 Å². The highest BCUT2D eigenvalue weighted by Gasteiger charge is 2.17. The average molecular weight is 331 g/mol. The summed E-state index contributed by atoms with van der Waals surface area (Å²) < 4.78 is 15.4. The fourth-order valence-corrected chi connectivity index (χ4v) is 2.77. The number of aromatic nitrogens is 2. The Balaban J connectivity index is 2.07. The van der Waals surface area contributed by atoms with Crippen LogP contribution in [0.4, 0.5) is 4.39 Å². The molecular weight excluding hydrogens is 305 g/mol. The van der Waals surface area contributed by atoms with Gasteiger partial charge in [0.25, 0.3) is 5.91 Å². The minimum absolute atomic E-state index is 0.148. The first-order valence-corrected chi connectivity index (χ1v) is 8.66. The number of carbonyl (C=O) groups excluding carboxylic acids is 1. The van der Waals surface area contributed by atoms with Crippen molar-refractivity contribution in [3.8, 4) is 5.69 Å². The smallest absolute Gasteiger partial charge is 0.254 e. The van der Waals surface area contributed by atoms with E-state index in [1.54, 1.807) is 25.1 Å². The molecule has 1 unspecified atom stereocenters. The number of hydrogen-bond donors (Lipinski definition) is 1. The summed E-state index contributed by atoms with van der Waals surface area (Å²) >= 11 is 0. The molecule has 0 spiro atoms. The van der Waals surface area contributed by atoms with E-state index in [9.17, 15) is 9.18 Å². The monoisotopic (exact) mass is 331 g/mol. The van der Waals surface area contributed by atoms with Gasteiger partial charge in [0.15, 0.2) is 0 Å². The highest BCUT2D eigenvalue weighted by molar-refractivity contribution is 5.95. The number of nitrogens with zero attached hydrogens (tertiary/aromatic N) is 2. The van der Waals surface area contributed by atoms with Crippen molar-refractivity contribution in [1.29, 1.82) is 0 Å². The largest absolute Gasteiger partial charge is 0.352 e. The van der Waals surface area contributed by atoms with Crippen molar-refractivity contribution < 1.29 is 9.18 Å². The fourth-order valence-electron chi connectivity index (χ4n) is 2.77. The molecule has 2 aromatic rings. The van der Waals surface area contributed by atoms with Gasteiger partial charge in [-0.1, -0.05) is 45.2 Å². The first-order valence-electron chi connectivity index (χ1n) is 8.66. The number of carbonyl (C=O) groups is 1. The number of amides is 1. The summed E-state index contributed by atoms with van der Waals surface area (Å²) in [7, 11) is 0. The quantitative estimate of drug-likeness (QED) is 0.785. The van der Waals surface area contributed by atoms with Crippen LogP contribution in [0.3, 0.4) is 0 Å². The molecule has 1 amide bonds. The molecule has 0 saturated carbocycles. The van der Waals surface area contributed by atoms with Gasteiger partial charge < -0.3 is 5.32 Å². The average Bonchev–Trinajstić information content (AvgIpc) is 2.97. The maximum absolute atomic E-state index is 13.9. The molecule has 1 aromatic heterocycles. The third-order valence-corrected chi connectivity index (χ3v) is 4.43. The van der Waals surface area contributed by atoms with Gasteiger partial charge in [-0.05, 0) is 31.4 Å². The van der Waals surface area contributed by atoms with Gasteiger partial charge in [0.1, 0.15) is 11.5 Å². The molecule has 0 aliphatic heterocycles. The Kier molecular flexibility index (Phi) is 6.53. The zero-order valence-electron chi connectivity index (χ0n) is 14.7. The second kappa shape index (κ2) is 8.62. The Bertz CT molecular complexity index is 681. The van der Waals surface area contributed by atoms with Gasteiger partial charge in [-0.2, -0.15) is 5.10 Å². The van der Waals surface area contributed by atoms with Crippen LogP contribution in [0, 0.1) is 18.7 Å². The Morgan fingerprint density at radius 2 is 2.08 bits per heavy atom. The molecule has 1 aromatic carbocycles. The van der Waals surface area contributed by atoms with Crippen LogP contribution in [0.2, 0.25) is 0 Å². The highest BCUT2D eigenvalue weighted by Crippen LogP contribution is 2.17. The molecule has 0 fully saturated rings. The van der Waals surface area contributed by atoms with Gasteiger partial charge in [0.05, 0.1) is 17.5 Å². The summed E-state index contributed by atoms with van der Waals surface area (Å²) in [6.07, 6.45) is 6.02. The molecule has 0 bridgehead atoms. The van der Waals surface area contributed by atoms with Gasteiger partial charge in [-0.3, -0.25) is 4.79 Å². The lowest BCUT2D eigenvalue weighted by Crippen LogP contribution is -2.29. The minimum atomic E-state index is -0.360. The van der Waals surface area contributed by atoms with E-state index < -0.39 is 0 Å². The molecule has 5 heteroatoms. The summed E-state index contributed by atoms with van der Waals surface area (Å²) in [5.41, 5.74) is 1.48. The second-order valence-corrected chi connectivity index (χ2v) is 6.13. The maximum atomic E-state index is 13.9. The van der Waals surface area contributed by atoms with E-state index in [0.29, 0.717) is 29.4 Å². The van der Waals surface area contributed by atoms with Crippen molar-refractivity contribution in [2.24, 2.45) is 5.92 Å². The normalized spacial score (nSPS) is 12.2.